The molecule has 2 heteroatoms. The SMILES string of the molecule is Cc1cccc(C(=O)c2cc(C)ccc2C=O)c1. The van der Waals surface area contributed by atoms with E-state index in [1.54, 1.807) is 18.2 Å². The summed E-state index contributed by atoms with van der Waals surface area (Å²) in [6, 6.07) is 12.7. The number of aldehydes is 1. The van der Waals surface area contributed by atoms with Gasteiger partial charge in [-0.05, 0) is 26.0 Å². The molecule has 0 aliphatic heterocycles. The first-order chi connectivity index (χ1) is 8.61. The lowest BCUT2D eigenvalue weighted by Crippen LogP contribution is -2.05. The molecule has 2 nitrogen and oxygen atoms in total. The summed E-state index contributed by atoms with van der Waals surface area (Å²) in [5, 5.41) is 0. The number of ketones is 1. The molecular formula is C16H14O2. The molecule has 0 spiro atoms. The second-order valence-electron chi connectivity index (χ2n) is 4.41. The van der Waals surface area contributed by atoms with Crippen molar-refractivity contribution in [3.05, 3.63) is 70.3 Å². The summed E-state index contributed by atoms with van der Waals surface area (Å²) in [5.41, 5.74) is 3.52. The first kappa shape index (κ1) is 12.2. The van der Waals surface area contributed by atoms with Crippen LogP contribution >= 0.6 is 0 Å². The Hall–Kier alpha value is -2.22. The van der Waals surface area contributed by atoms with Crippen molar-refractivity contribution >= 4 is 12.1 Å². The van der Waals surface area contributed by atoms with Gasteiger partial charge in [-0.15, -0.1) is 0 Å². The summed E-state index contributed by atoms with van der Waals surface area (Å²) >= 11 is 0. The highest BCUT2D eigenvalue weighted by molar-refractivity contribution is 6.12. The third-order valence-electron chi connectivity index (χ3n) is 2.86. The van der Waals surface area contributed by atoms with Crippen molar-refractivity contribution in [2.24, 2.45) is 0 Å². The van der Waals surface area contributed by atoms with Gasteiger partial charge in [-0.25, -0.2) is 0 Å². The molecule has 0 N–H and O–H groups in total. The largest absolute Gasteiger partial charge is 0.298 e. The fourth-order valence-electron chi connectivity index (χ4n) is 1.91. The van der Waals surface area contributed by atoms with E-state index in [0.717, 1.165) is 17.4 Å². The molecule has 2 aromatic carbocycles. The van der Waals surface area contributed by atoms with Crippen LogP contribution in [-0.4, -0.2) is 12.1 Å². The molecule has 2 aromatic rings. The van der Waals surface area contributed by atoms with Crippen molar-refractivity contribution in [3.63, 3.8) is 0 Å². The van der Waals surface area contributed by atoms with E-state index in [1.165, 1.54) is 0 Å². The maximum absolute atomic E-state index is 12.4. The topological polar surface area (TPSA) is 34.1 Å². The number of aryl methyl sites for hydroxylation is 2. The second kappa shape index (κ2) is 4.96. The van der Waals surface area contributed by atoms with E-state index in [0.29, 0.717) is 16.7 Å². The van der Waals surface area contributed by atoms with E-state index >= 15 is 0 Å². The minimum absolute atomic E-state index is 0.107. The van der Waals surface area contributed by atoms with Crippen LogP contribution in [0.3, 0.4) is 0 Å². The highest BCUT2D eigenvalue weighted by Gasteiger charge is 2.13. The Balaban J connectivity index is 2.52. The van der Waals surface area contributed by atoms with Gasteiger partial charge in [0.1, 0.15) is 0 Å². The number of hydrogen-bond donors (Lipinski definition) is 0. The van der Waals surface area contributed by atoms with Crippen LogP contribution in [0.2, 0.25) is 0 Å². The van der Waals surface area contributed by atoms with Crippen LogP contribution in [0.25, 0.3) is 0 Å². The first-order valence-electron chi connectivity index (χ1n) is 5.79. The lowest BCUT2D eigenvalue weighted by atomic mass is 9.96. The molecule has 0 amide bonds. The van der Waals surface area contributed by atoms with Crippen LogP contribution < -0.4 is 0 Å². The van der Waals surface area contributed by atoms with E-state index in [2.05, 4.69) is 0 Å². The molecule has 0 fully saturated rings. The van der Waals surface area contributed by atoms with E-state index in [9.17, 15) is 9.59 Å². The average molecular weight is 238 g/mol. The van der Waals surface area contributed by atoms with Crippen LogP contribution in [0.4, 0.5) is 0 Å². The van der Waals surface area contributed by atoms with Crippen molar-refractivity contribution in [2.45, 2.75) is 13.8 Å². The van der Waals surface area contributed by atoms with Gasteiger partial charge in [-0.2, -0.15) is 0 Å². The number of benzene rings is 2. The smallest absolute Gasteiger partial charge is 0.193 e. The van der Waals surface area contributed by atoms with Gasteiger partial charge < -0.3 is 0 Å². The fourth-order valence-corrected chi connectivity index (χ4v) is 1.91. The summed E-state index contributed by atoms with van der Waals surface area (Å²) in [7, 11) is 0. The van der Waals surface area contributed by atoms with Crippen LogP contribution in [0, 0.1) is 13.8 Å². The Labute approximate surface area is 106 Å². The standard InChI is InChI=1S/C16H14O2/c1-11-4-3-5-13(8-11)16(18)15-9-12(2)6-7-14(15)10-17/h3-10H,1-2H3. The minimum Gasteiger partial charge on any atom is -0.298 e. The maximum atomic E-state index is 12.4. The normalized spacial score (nSPS) is 10.1. The molecule has 0 atom stereocenters. The molecule has 0 saturated carbocycles. The zero-order valence-electron chi connectivity index (χ0n) is 10.4. The van der Waals surface area contributed by atoms with Crippen LogP contribution in [0.15, 0.2) is 42.5 Å². The van der Waals surface area contributed by atoms with Crippen LogP contribution in [0.5, 0.6) is 0 Å². The maximum Gasteiger partial charge on any atom is 0.193 e. The van der Waals surface area contributed by atoms with E-state index in [1.807, 2.05) is 38.1 Å². The Morgan fingerprint density at radius 2 is 1.72 bits per heavy atom. The van der Waals surface area contributed by atoms with Gasteiger partial charge in [-0.3, -0.25) is 9.59 Å². The monoisotopic (exact) mass is 238 g/mol. The van der Waals surface area contributed by atoms with Crippen LogP contribution in [-0.2, 0) is 0 Å². The quantitative estimate of drug-likeness (QED) is 0.607. The highest BCUT2D eigenvalue weighted by atomic mass is 16.1. The van der Waals surface area contributed by atoms with Crippen molar-refractivity contribution in [3.8, 4) is 0 Å². The number of carbonyl (C=O) groups excluding carboxylic acids is 2. The van der Waals surface area contributed by atoms with E-state index in [-0.39, 0.29) is 5.78 Å². The molecule has 0 bridgehead atoms. The zero-order chi connectivity index (χ0) is 13.1. The number of hydrogen-bond acceptors (Lipinski definition) is 2. The van der Waals surface area contributed by atoms with Crippen molar-refractivity contribution in [1.29, 1.82) is 0 Å². The first-order valence-corrected chi connectivity index (χ1v) is 5.79. The Bertz CT molecular complexity index is 612. The van der Waals surface area contributed by atoms with Crippen molar-refractivity contribution in [1.82, 2.24) is 0 Å². The molecule has 0 aliphatic carbocycles. The third kappa shape index (κ3) is 2.38. The summed E-state index contributed by atoms with van der Waals surface area (Å²) in [6.07, 6.45) is 0.725. The summed E-state index contributed by atoms with van der Waals surface area (Å²) in [4.78, 5) is 23.4. The summed E-state index contributed by atoms with van der Waals surface area (Å²) in [5.74, 6) is -0.107. The summed E-state index contributed by atoms with van der Waals surface area (Å²) in [6.45, 7) is 3.84. The molecule has 0 unspecified atom stereocenters. The molecule has 0 saturated heterocycles. The molecule has 0 aliphatic rings. The van der Waals surface area contributed by atoms with Crippen LogP contribution in [0.1, 0.15) is 37.4 Å². The zero-order valence-corrected chi connectivity index (χ0v) is 10.4. The molecule has 90 valence electrons. The lowest BCUT2D eigenvalue weighted by molar-refractivity contribution is 0.102. The molecular weight excluding hydrogens is 224 g/mol. The van der Waals surface area contributed by atoms with Crippen molar-refractivity contribution < 1.29 is 9.59 Å². The molecule has 18 heavy (non-hydrogen) atoms. The number of rotatable bonds is 3. The summed E-state index contributed by atoms with van der Waals surface area (Å²) < 4.78 is 0. The Morgan fingerprint density at radius 3 is 2.39 bits per heavy atom. The second-order valence-corrected chi connectivity index (χ2v) is 4.41. The average Bonchev–Trinajstić information content (AvgIpc) is 2.38. The predicted molar refractivity (Wildman–Crippen MR) is 71.2 cm³/mol. The van der Waals surface area contributed by atoms with Gasteiger partial charge in [0, 0.05) is 16.7 Å². The Morgan fingerprint density at radius 1 is 1.00 bits per heavy atom. The molecule has 2 rings (SSSR count). The molecule has 0 aromatic heterocycles. The minimum atomic E-state index is -0.107. The highest BCUT2D eigenvalue weighted by Crippen LogP contribution is 2.16. The molecule has 0 radical (unpaired) electrons. The Kier molecular flexibility index (Phi) is 3.38. The lowest BCUT2D eigenvalue weighted by Gasteiger charge is -2.06. The van der Waals surface area contributed by atoms with Gasteiger partial charge in [0.15, 0.2) is 12.1 Å². The molecule has 0 heterocycles. The van der Waals surface area contributed by atoms with Gasteiger partial charge in [0.25, 0.3) is 0 Å². The van der Waals surface area contributed by atoms with E-state index < -0.39 is 0 Å². The van der Waals surface area contributed by atoms with Crippen molar-refractivity contribution in [2.75, 3.05) is 0 Å². The fraction of sp³-hybridized carbons (Fsp3) is 0.125. The van der Waals surface area contributed by atoms with Gasteiger partial charge in [0.2, 0.25) is 0 Å². The van der Waals surface area contributed by atoms with Gasteiger partial charge >= 0.3 is 0 Å². The van der Waals surface area contributed by atoms with Gasteiger partial charge in [0.05, 0.1) is 0 Å². The third-order valence-corrected chi connectivity index (χ3v) is 2.86. The van der Waals surface area contributed by atoms with E-state index in [4.69, 9.17) is 0 Å². The van der Waals surface area contributed by atoms with Gasteiger partial charge in [-0.1, -0.05) is 41.5 Å². The number of carbonyl (C=O) groups is 2. The predicted octanol–water partition coefficient (Wildman–Crippen LogP) is 3.35.